The molecule has 4 aromatic rings. The van der Waals surface area contributed by atoms with E-state index >= 15 is 0 Å². The Hall–Kier alpha value is -2.84. The fraction of sp³-hybridized carbons (Fsp3) is 0.364. The van der Waals surface area contributed by atoms with E-state index in [1.165, 1.54) is 16.0 Å². The summed E-state index contributed by atoms with van der Waals surface area (Å²) in [6.07, 6.45) is 3.70. The topological polar surface area (TPSA) is 79.7 Å². The fourth-order valence-corrected chi connectivity index (χ4v) is 5.52. The van der Waals surface area contributed by atoms with Crippen LogP contribution in [0.2, 0.25) is 0 Å². The van der Waals surface area contributed by atoms with E-state index in [9.17, 15) is 4.79 Å². The highest BCUT2D eigenvalue weighted by Crippen LogP contribution is 2.33. The van der Waals surface area contributed by atoms with Crippen LogP contribution in [0.5, 0.6) is 0 Å². The SMILES string of the molecule is Cc1cc(C(=O)CN2CCC[C@H](c3nc4ccccc4s3)C2)c(C)n1-c1ncn[nH]1. The summed E-state index contributed by atoms with van der Waals surface area (Å²) in [5.74, 6) is 1.18. The van der Waals surface area contributed by atoms with Gasteiger partial charge in [0.25, 0.3) is 0 Å². The number of rotatable bonds is 5. The van der Waals surface area contributed by atoms with Crippen molar-refractivity contribution < 1.29 is 4.79 Å². The molecular formula is C22H24N6OS. The van der Waals surface area contributed by atoms with E-state index in [0.29, 0.717) is 18.4 Å². The first-order valence-electron chi connectivity index (χ1n) is 10.3. The van der Waals surface area contributed by atoms with Gasteiger partial charge in [-0.1, -0.05) is 12.1 Å². The number of carbonyl (C=O) groups is 1. The number of likely N-dealkylation sites (tertiary alicyclic amines) is 1. The number of hydrogen-bond acceptors (Lipinski definition) is 6. The Morgan fingerprint density at radius 2 is 2.17 bits per heavy atom. The minimum atomic E-state index is 0.152. The van der Waals surface area contributed by atoms with Crippen LogP contribution < -0.4 is 0 Å². The number of fused-ring (bicyclic) bond motifs is 1. The standard InChI is InChI=1S/C22H24N6OS/c1-14-10-17(15(2)28(14)22-23-13-24-26-22)19(29)12-27-9-5-6-16(11-27)21-25-18-7-3-4-8-20(18)30-21/h3-4,7-8,10,13,16H,5-6,9,11-12H2,1-2H3,(H,23,24,26)/t16-/m0/s1. The van der Waals surface area contributed by atoms with Gasteiger partial charge in [-0.2, -0.15) is 10.1 Å². The van der Waals surface area contributed by atoms with E-state index in [1.54, 1.807) is 11.3 Å². The molecule has 0 aliphatic carbocycles. The molecular weight excluding hydrogens is 396 g/mol. The first kappa shape index (κ1) is 19.1. The van der Waals surface area contributed by atoms with Gasteiger partial charge in [-0.15, -0.1) is 11.3 Å². The Bertz CT molecular complexity index is 1160. The number of para-hydroxylation sites is 1. The first-order chi connectivity index (χ1) is 14.6. The molecule has 1 aromatic carbocycles. The molecule has 3 aromatic heterocycles. The number of H-pyrrole nitrogens is 1. The highest BCUT2D eigenvalue weighted by atomic mass is 32.1. The van der Waals surface area contributed by atoms with Crippen LogP contribution in [0.15, 0.2) is 36.7 Å². The summed E-state index contributed by atoms with van der Waals surface area (Å²) in [5, 5.41) is 8.00. The predicted molar refractivity (Wildman–Crippen MR) is 118 cm³/mol. The van der Waals surface area contributed by atoms with Gasteiger partial charge in [0.15, 0.2) is 5.78 Å². The molecule has 0 bridgehead atoms. The van der Waals surface area contributed by atoms with Crippen LogP contribution in [0.25, 0.3) is 16.2 Å². The number of aromatic nitrogens is 5. The molecule has 7 nitrogen and oxygen atoms in total. The lowest BCUT2D eigenvalue weighted by molar-refractivity contribution is 0.0906. The maximum absolute atomic E-state index is 13.1. The van der Waals surface area contributed by atoms with Gasteiger partial charge in [0.05, 0.1) is 21.8 Å². The lowest BCUT2D eigenvalue weighted by atomic mass is 9.98. The zero-order valence-corrected chi connectivity index (χ0v) is 17.9. The summed E-state index contributed by atoms with van der Waals surface area (Å²) in [5.41, 5.74) is 3.70. The van der Waals surface area contributed by atoms with Crippen molar-refractivity contribution in [1.29, 1.82) is 0 Å². The van der Waals surface area contributed by atoms with Crippen molar-refractivity contribution in [3.05, 3.63) is 58.6 Å². The molecule has 1 aliphatic heterocycles. The van der Waals surface area contributed by atoms with Crippen molar-refractivity contribution in [2.45, 2.75) is 32.6 Å². The van der Waals surface area contributed by atoms with Gasteiger partial charge in [0, 0.05) is 29.4 Å². The Morgan fingerprint density at radius 3 is 2.97 bits per heavy atom. The second-order valence-corrected chi connectivity index (χ2v) is 9.01. The number of hydrogen-bond donors (Lipinski definition) is 1. The summed E-state index contributed by atoms with van der Waals surface area (Å²) >= 11 is 1.78. The fourth-order valence-electron chi connectivity index (χ4n) is 4.43. The molecule has 4 heterocycles. The first-order valence-corrected chi connectivity index (χ1v) is 11.1. The summed E-state index contributed by atoms with van der Waals surface area (Å²) in [6, 6.07) is 10.3. The summed E-state index contributed by atoms with van der Waals surface area (Å²) in [6.45, 7) is 6.21. The van der Waals surface area contributed by atoms with Crippen molar-refractivity contribution in [1.82, 2.24) is 29.6 Å². The molecule has 154 valence electrons. The Kier molecular flexibility index (Phi) is 4.96. The van der Waals surface area contributed by atoms with Gasteiger partial charge < -0.3 is 0 Å². The molecule has 1 atom stereocenters. The number of piperidine rings is 1. The second-order valence-electron chi connectivity index (χ2n) is 7.95. The summed E-state index contributed by atoms with van der Waals surface area (Å²) in [7, 11) is 0. The number of Topliss-reactive ketones (excluding diaryl/α,β-unsaturated/α-hetero) is 1. The Balaban J connectivity index is 1.32. The third-order valence-electron chi connectivity index (χ3n) is 5.88. The third-order valence-corrected chi connectivity index (χ3v) is 7.08. The number of thiazole rings is 1. The molecule has 0 amide bonds. The predicted octanol–water partition coefficient (Wildman–Crippen LogP) is 3.88. The van der Waals surface area contributed by atoms with Crippen LogP contribution in [0.4, 0.5) is 0 Å². The lowest BCUT2D eigenvalue weighted by Gasteiger charge is -2.31. The number of nitrogens with zero attached hydrogens (tertiary/aromatic N) is 5. The van der Waals surface area contributed by atoms with Crippen LogP contribution in [0.1, 0.15) is 45.5 Å². The number of carbonyl (C=O) groups excluding carboxylic acids is 1. The van der Waals surface area contributed by atoms with Crippen LogP contribution in [-0.4, -0.2) is 55.0 Å². The van der Waals surface area contributed by atoms with E-state index < -0.39 is 0 Å². The van der Waals surface area contributed by atoms with E-state index in [1.807, 2.05) is 30.5 Å². The molecule has 0 spiro atoms. The zero-order chi connectivity index (χ0) is 20.7. The number of aryl methyl sites for hydroxylation is 1. The average molecular weight is 421 g/mol. The van der Waals surface area contributed by atoms with Crippen LogP contribution in [0.3, 0.4) is 0 Å². The molecule has 0 unspecified atom stereocenters. The summed E-state index contributed by atoms with van der Waals surface area (Å²) < 4.78 is 3.18. The van der Waals surface area contributed by atoms with Gasteiger partial charge in [0.2, 0.25) is 5.95 Å². The van der Waals surface area contributed by atoms with Crippen molar-refractivity contribution in [2.24, 2.45) is 0 Å². The van der Waals surface area contributed by atoms with Gasteiger partial charge >= 0.3 is 0 Å². The monoisotopic (exact) mass is 420 g/mol. The molecule has 5 rings (SSSR count). The molecule has 1 N–H and O–H groups in total. The number of benzene rings is 1. The third kappa shape index (κ3) is 3.46. The van der Waals surface area contributed by atoms with E-state index in [2.05, 4.69) is 38.3 Å². The van der Waals surface area contributed by atoms with Gasteiger partial charge in [0.1, 0.15) is 6.33 Å². The molecule has 30 heavy (non-hydrogen) atoms. The number of aromatic amines is 1. The van der Waals surface area contributed by atoms with Crippen molar-refractivity contribution in [3.8, 4) is 5.95 Å². The lowest BCUT2D eigenvalue weighted by Crippen LogP contribution is -2.38. The van der Waals surface area contributed by atoms with Crippen LogP contribution >= 0.6 is 11.3 Å². The minimum Gasteiger partial charge on any atom is -0.295 e. The Labute approximate surface area is 178 Å². The van der Waals surface area contributed by atoms with E-state index in [4.69, 9.17) is 4.98 Å². The summed E-state index contributed by atoms with van der Waals surface area (Å²) in [4.78, 5) is 24.5. The molecule has 8 heteroatoms. The number of ketones is 1. The molecule has 1 fully saturated rings. The maximum atomic E-state index is 13.1. The Morgan fingerprint density at radius 1 is 1.30 bits per heavy atom. The van der Waals surface area contributed by atoms with E-state index in [-0.39, 0.29) is 5.78 Å². The average Bonchev–Trinajstić information content (AvgIpc) is 3.47. The van der Waals surface area contributed by atoms with Crippen LogP contribution in [-0.2, 0) is 0 Å². The smallest absolute Gasteiger partial charge is 0.229 e. The van der Waals surface area contributed by atoms with Crippen molar-refractivity contribution >= 4 is 27.3 Å². The molecule has 0 radical (unpaired) electrons. The normalized spacial score (nSPS) is 17.6. The van der Waals surface area contributed by atoms with Gasteiger partial charge in [-0.05, 0) is 51.4 Å². The van der Waals surface area contributed by atoms with E-state index in [0.717, 1.165) is 48.4 Å². The maximum Gasteiger partial charge on any atom is 0.229 e. The highest BCUT2D eigenvalue weighted by molar-refractivity contribution is 7.18. The second kappa shape index (κ2) is 7.77. The number of nitrogens with one attached hydrogen (secondary N) is 1. The van der Waals surface area contributed by atoms with Gasteiger partial charge in [-0.25, -0.2) is 10.1 Å². The molecule has 1 aliphatic rings. The highest BCUT2D eigenvalue weighted by Gasteiger charge is 2.27. The van der Waals surface area contributed by atoms with Crippen LogP contribution in [0, 0.1) is 13.8 Å². The van der Waals surface area contributed by atoms with Crippen molar-refractivity contribution in [3.63, 3.8) is 0 Å². The quantitative estimate of drug-likeness (QED) is 0.496. The van der Waals surface area contributed by atoms with Crippen molar-refractivity contribution in [2.75, 3.05) is 19.6 Å². The molecule has 1 saturated heterocycles. The van der Waals surface area contributed by atoms with Gasteiger partial charge in [-0.3, -0.25) is 14.3 Å². The zero-order valence-electron chi connectivity index (χ0n) is 17.1. The molecule has 0 saturated carbocycles. The minimum absolute atomic E-state index is 0.152. The largest absolute Gasteiger partial charge is 0.295 e.